The molecule has 0 aromatic heterocycles. The summed E-state index contributed by atoms with van der Waals surface area (Å²) in [6, 6.07) is 12.4. The maximum Gasteiger partial charge on any atom is 0.173 e. The number of hydrogen-bond donors (Lipinski definition) is 1. The Morgan fingerprint density at radius 2 is 1.80 bits per heavy atom. The number of anilines is 1. The number of nitrogens with two attached hydrogens (primary N) is 1. The topological polar surface area (TPSA) is 43.1 Å². The summed E-state index contributed by atoms with van der Waals surface area (Å²) in [7, 11) is 0. The van der Waals surface area contributed by atoms with Crippen LogP contribution < -0.4 is 5.73 Å². The van der Waals surface area contributed by atoms with Crippen molar-refractivity contribution in [3.8, 4) is 0 Å². The van der Waals surface area contributed by atoms with Crippen molar-refractivity contribution in [3.05, 3.63) is 58.1 Å². The zero-order valence-corrected chi connectivity index (χ0v) is 13.5. The Kier molecular flexibility index (Phi) is 6.69. The molecule has 0 spiro atoms. The molecule has 0 fully saturated rings. The lowest BCUT2D eigenvalue weighted by Gasteiger charge is -2.07. The predicted molar refractivity (Wildman–Crippen MR) is 89.6 cm³/mol. The molecule has 0 aliphatic carbocycles. The van der Waals surface area contributed by atoms with Gasteiger partial charge in [0.25, 0.3) is 0 Å². The summed E-state index contributed by atoms with van der Waals surface area (Å²) in [4.78, 5) is 12.7. The molecular formula is C14H12Cl3NOS. The average molecular weight is 349 g/mol. The minimum Gasteiger partial charge on any atom is -0.399 e. The van der Waals surface area contributed by atoms with Gasteiger partial charge in [-0.3, -0.25) is 4.79 Å². The van der Waals surface area contributed by atoms with Gasteiger partial charge in [0, 0.05) is 16.1 Å². The third-order valence-electron chi connectivity index (χ3n) is 2.47. The third kappa shape index (κ3) is 4.32. The second kappa shape index (κ2) is 7.79. The van der Waals surface area contributed by atoms with Crippen molar-refractivity contribution in [1.82, 2.24) is 0 Å². The molecule has 0 unspecified atom stereocenters. The number of nitrogen functional groups attached to an aromatic ring is 1. The van der Waals surface area contributed by atoms with Crippen LogP contribution in [0.4, 0.5) is 5.69 Å². The number of ketones is 1. The van der Waals surface area contributed by atoms with Crippen molar-refractivity contribution >= 4 is 58.8 Å². The molecule has 0 aliphatic rings. The molecule has 2 nitrogen and oxygen atoms in total. The third-order valence-corrected chi connectivity index (χ3v) is 4.43. The zero-order valence-electron chi connectivity index (χ0n) is 10.3. The molecule has 0 heterocycles. The highest BCUT2D eigenvalue weighted by Gasteiger charge is 2.11. The second-order valence-corrected chi connectivity index (χ2v) is 5.70. The lowest BCUT2D eigenvalue weighted by atomic mass is 10.2. The van der Waals surface area contributed by atoms with E-state index in [1.165, 1.54) is 11.8 Å². The van der Waals surface area contributed by atoms with Gasteiger partial charge in [0.2, 0.25) is 0 Å². The van der Waals surface area contributed by atoms with E-state index in [1.54, 1.807) is 24.3 Å². The van der Waals surface area contributed by atoms with Crippen LogP contribution >= 0.6 is 47.4 Å². The maximum absolute atomic E-state index is 12.0. The van der Waals surface area contributed by atoms with E-state index >= 15 is 0 Å². The molecule has 0 amide bonds. The van der Waals surface area contributed by atoms with E-state index in [0.29, 0.717) is 27.0 Å². The number of carbonyl (C=O) groups excluding carboxylic acids is 1. The van der Waals surface area contributed by atoms with Crippen LogP contribution in [-0.4, -0.2) is 11.5 Å². The van der Waals surface area contributed by atoms with Crippen LogP contribution in [0.2, 0.25) is 10.0 Å². The number of hydrogen-bond acceptors (Lipinski definition) is 3. The lowest BCUT2D eigenvalue weighted by Crippen LogP contribution is -2.02. The number of thioether (sulfide) groups is 1. The standard InChI is InChI=1S/C14H11Cl2NOS.ClH/c15-11-6-10(17)7-13(14(11)16)19-8-12(18)9-4-2-1-3-5-9;/h1-7H,8,17H2;1H. The summed E-state index contributed by atoms with van der Waals surface area (Å²) < 4.78 is 0. The number of halogens is 3. The maximum atomic E-state index is 12.0. The molecule has 106 valence electrons. The van der Waals surface area contributed by atoms with Gasteiger partial charge in [-0.2, -0.15) is 0 Å². The highest BCUT2D eigenvalue weighted by Crippen LogP contribution is 2.35. The van der Waals surface area contributed by atoms with E-state index in [-0.39, 0.29) is 18.2 Å². The van der Waals surface area contributed by atoms with Gasteiger partial charge in [0.05, 0.1) is 15.8 Å². The first-order chi connectivity index (χ1) is 9.08. The Hall–Kier alpha value is -0.870. The summed E-state index contributed by atoms with van der Waals surface area (Å²) in [6.45, 7) is 0. The van der Waals surface area contributed by atoms with Gasteiger partial charge < -0.3 is 5.73 Å². The molecule has 0 bridgehead atoms. The molecule has 0 radical (unpaired) electrons. The molecule has 0 atom stereocenters. The van der Waals surface area contributed by atoms with E-state index in [0.717, 1.165) is 4.90 Å². The Labute approximate surface area is 138 Å². The molecule has 0 saturated carbocycles. The van der Waals surface area contributed by atoms with Gasteiger partial charge in [0.15, 0.2) is 5.78 Å². The Balaban J connectivity index is 0.00000200. The van der Waals surface area contributed by atoms with Gasteiger partial charge in [-0.25, -0.2) is 0 Å². The first-order valence-corrected chi connectivity index (χ1v) is 7.27. The summed E-state index contributed by atoms with van der Waals surface area (Å²) in [5.74, 6) is 0.337. The summed E-state index contributed by atoms with van der Waals surface area (Å²) in [5.41, 5.74) is 6.92. The van der Waals surface area contributed by atoms with Crippen molar-refractivity contribution in [2.75, 3.05) is 11.5 Å². The first-order valence-electron chi connectivity index (χ1n) is 5.53. The minimum atomic E-state index is 0. The molecule has 0 saturated heterocycles. The molecule has 2 N–H and O–H groups in total. The summed E-state index contributed by atoms with van der Waals surface area (Å²) in [5, 5.41) is 0.832. The van der Waals surface area contributed by atoms with Gasteiger partial charge in [-0.05, 0) is 12.1 Å². The highest BCUT2D eigenvalue weighted by molar-refractivity contribution is 8.00. The van der Waals surface area contributed by atoms with Crippen LogP contribution in [0.15, 0.2) is 47.4 Å². The van der Waals surface area contributed by atoms with Crippen LogP contribution in [0.5, 0.6) is 0 Å². The number of rotatable bonds is 4. The smallest absolute Gasteiger partial charge is 0.173 e. The Morgan fingerprint density at radius 3 is 2.45 bits per heavy atom. The van der Waals surface area contributed by atoms with Gasteiger partial charge in [0.1, 0.15) is 0 Å². The minimum absolute atomic E-state index is 0. The molecule has 2 aromatic carbocycles. The summed E-state index contributed by atoms with van der Waals surface area (Å²) in [6.07, 6.45) is 0. The van der Waals surface area contributed by atoms with Crippen molar-refractivity contribution in [2.45, 2.75) is 4.90 Å². The largest absolute Gasteiger partial charge is 0.399 e. The summed E-state index contributed by atoms with van der Waals surface area (Å²) >= 11 is 13.3. The highest BCUT2D eigenvalue weighted by atomic mass is 35.5. The normalized spacial score (nSPS) is 9.90. The molecular weight excluding hydrogens is 337 g/mol. The van der Waals surface area contributed by atoms with E-state index in [4.69, 9.17) is 28.9 Å². The monoisotopic (exact) mass is 347 g/mol. The van der Waals surface area contributed by atoms with Crippen LogP contribution in [0.25, 0.3) is 0 Å². The second-order valence-electron chi connectivity index (χ2n) is 3.89. The van der Waals surface area contributed by atoms with Crippen LogP contribution in [0.3, 0.4) is 0 Å². The zero-order chi connectivity index (χ0) is 13.8. The SMILES string of the molecule is Cl.Nc1cc(Cl)c(Cl)c(SCC(=O)c2ccccc2)c1. The fourth-order valence-corrected chi connectivity index (χ4v) is 3.01. The van der Waals surface area contributed by atoms with Crippen molar-refractivity contribution in [2.24, 2.45) is 0 Å². The molecule has 20 heavy (non-hydrogen) atoms. The van der Waals surface area contributed by atoms with Crippen molar-refractivity contribution in [3.63, 3.8) is 0 Å². The fourth-order valence-electron chi connectivity index (χ4n) is 1.54. The number of Topliss-reactive ketones (excluding diaryl/α,β-unsaturated/α-hetero) is 1. The van der Waals surface area contributed by atoms with E-state index in [2.05, 4.69) is 0 Å². The van der Waals surface area contributed by atoms with Gasteiger partial charge >= 0.3 is 0 Å². The first kappa shape index (κ1) is 17.2. The predicted octanol–water partition coefficient (Wildman–Crippen LogP) is 4.97. The number of benzene rings is 2. The molecule has 0 aliphatic heterocycles. The molecule has 2 rings (SSSR count). The van der Waals surface area contributed by atoms with Crippen LogP contribution in [-0.2, 0) is 0 Å². The Morgan fingerprint density at radius 1 is 1.15 bits per heavy atom. The van der Waals surface area contributed by atoms with Crippen molar-refractivity contribution in [1.29, 1.82) is 0 Å². The van der Waals surface area contributed by atoms with Gasteiger partial charge in [-0.1, -0.05) is 53.5 Å². The van der Waals surface area contributed by atoms with Crippen molar-refractivity contribution < 1.29 is 4.79 Å². The quantitative estimate of drug-likeness (QED) is 0.482. The Bertz CT molecular complexity index is 605. The van der Waals surface area contributed by atoms with E-state index < -0.39 is 0 Å². The van der Waals surface area contributed by atoms with E-state index in [1.807, 2.05) is 18.2 Å². The number of carbonyl (C=O) groups is 1. The fraction of sp³-hybridized carbons (Fsp3) is 0.0714. The molecule has 2 aromatic rings. The lowest BCUT2D eigenvalue weighted by molar-refractivity contribution is 0.102. The van der Waals surface area contributed by atoms with Crippen LogP contribution in [0.1, 0.15) is 10.4 Å². The van der Waals surface area contributed by atoms with E-state index in [9.17, 15) is 4.79 Å². The van der Waals surface area contributed by atoms with Gasteiger partial charge in [-0.15, -0.1) is 24.2 Å². The van der Waals surface area contributed by atoms with Crippen LogP contribution in [0, 0.1) is 0 Å². The average Bonchev–Trinajstić information content (AvgIpc) is 2.41. The molecule has 6 heteroatoms.